The molecule has 0 aliphatic carbocycles. The first-order valence-electron chi connectivity index (χ1n) is 5.42. The number of ether oxygens (including phenoxy) is 1. The van der Waals surface area contributed by atoms with Gasteiger partial charge in [-0.1, -0.05) is 24.3 Å². The van der Waals surface area contributed by atoms with Crippen LogP contribution in [0.3, 0.4) is 0 Å². The molecule has 2 N–H and O–H groups in total. The minimum Gasteiger partial charge on any atom is -0.479 e. The first-order chi connectivity index (χ1) is 8.72. The van der Waals surface area contributed by atoms with Gasteiger partial charge in [-0.15, -0.1) is 5.10 Å². The minimum absolute atomic E-state index is 0.133. The maximum Gasteiger partial charge on any atom is 0.334 e. The Kier molecular flexibility index (Phi) is 3.69. The summed E-state index contributed by atoms with van der Waals surface area (Å²) in [4.78, 5) is 10.8. The molecule has 6 nitrogen and oxygen atoms in total. The summed E-state index contributed by atoms with van der Waals surface area (Å²) in [7, 11) is 1.36. The molecule has 1 atom stereocenters. The highest BCUT2D eigenvalue weighted by Crippen LogP contribution is 2.19. The summed E-state index contributed by atoms with van der Waals surface area (Å²) in [6.45, 7) is 0.133. The minimum atomic E-state index is -1.02. The fourth-order valence-electron chi connectivity index (χ4n) is 1.62. The number of carbonyl (C=O) groups is 1. The second-order valence-corrected chi connectivity index (χ2v) is 3.72. The van der Waals surface area contributed by atoms with Crippen molar-refractivity contribution in [1.29, 1.82) is 0 Å². The summed E-state index contributed by atoms with van der Waals surface area (Å²) in [5.74, 6) is -0.463. The molecule has 2 rings (SSSR count). The van der Waals surface area contributed by atoms with E-state index < -0.39 is 12.1 Å². The third-order valence-corrected chi connectivity index (χ3v) is 2.59. The lowest BCUT2D eigenvalue weighted by atomic mass is 10.2. The lowest BCUT2D eigenvalue weighted by molar-refractivity contribution is -0.147. The van der Waals surface area contributed by atoms with Crippen LogP contribution in [0.25, 0.3) is 10.8 Å². The van der Waals surface area contributed by atoms with E-state index in [1.54, 1.807) is 6.20 Å². The van der Waals surface area contributed by atoms with Crippen LogP contribution in [-0.2, 0) is 9.53 Å². The van der Waals surface area contributed by atoms with E-state index in [9.17, 15) is 4.79 Å². The van der Waals surface area contributed by atoms with Crippen molar-refractivity contribution >= 4 is 22.6 Å². The van der Waals surface area contributed by atoms with Crippen LogP contribution < -0.4 is 5.32 Å². The second kappa shape index (κ2) is 5.42. The molecule has 1 aromatic heterocycles. The molecular formula is C12H13N3O3. The Hall–Kier alpha value is -2.21. The molecule has 0 spiro atoms. The van der Waals surface area contributed by atoms with Gasteiger partial charge in [-0.3, -0.25) is 0 Å². The molecule has 18 heavy (non-hydrogen) atoms. The number of aliphatic carboxylic acids is 1. The number of aromatic nitrogens is 2. The van der Waals surface area contributed by atoms with Crippen molar-refractivity contribution in [3.63, 3.8) is 0 Å². The van der Waals surface area contributed by atoms with Crippen LogP contribution in [0.5, 0.6) is 0 Å². The van der Waals surface area contributed by atoms with Gasteiger partial charge in [0.2, 0.25) is 0 Å². The van der Waals surface area contributed by atoms with Gasteiger partial charge >= 0.3 is 5.97 Å². The summed E-state index contributed by atoms with van der Waals surface area (Å²) in [5, 5.41) is 21.5. The number of carboxylic acids is 1. The Balaban J connectivity index is 2.19. The number of rotatable bonds is 5. The van der Waals surface area contributed by atoms with Gasteiger partial charge in [0.15, 0.2) is 11.9 Å². The van der Waals surface area contributed by atoms with Crippen molar-refractivity contribution in [2.75, 3.05) is 19.0 Å². The topological polar surface area (TPSA) is 84.3 Å². The zero-order chi connectivity index (χ0) is 13.0. The van der Waals surface area contributed by atoms with E-state index in [0.717, 1.165) is 10.8 Å². The van der Waals surface area contributed by atoms with Crippen LogP contribution in [0.15, 0.2) is 30.5 Å². The van der Waals surface area contributed by atoms with E-state index in [0.29, 0.717) is 5.82 Å². The van der Waals surface area contributed by atoms with Gasteiger partial charge in [-0.25, -0.2) is 4.79 Å². The Morgan fingerprint density at radius 2 is 2.28 bits per heavy atom. The Morgan fingerprint density at radius 3 is 3.00 bits per heavy atom. The maximum atomic E-state index is 10.8. The smallest absolute Gasteiger partial charge is 0.334 e. The Labute approximate surface area is 104 Å². The lowest BCUT2D eigenvalue weighted by Gasteiger charge is -2.12. The number of carboxylic acid groups (broad SMARTS) is 1. The van der Waals surface area contributed by atoms with E-state index in [4.69, 9.17) is 9.84 Å². The van der Waals surface area contributed by atoms with Crippen molar-refractivity contribution in [3.05, 3.63) is 30.5 Å². The first-order valence-corrected chi connectivity index (χ1v) is 5.42. The first kappa shape index (κ1) is 12.3. The van der Waals surface area contributed by atoms with Crippen molar-refractivity contribution in [3.8, 4) is 0 Å². The SMILES string of the molecule is COC(CNc1nncc2ccccc12)C(=O)O. The molecule has 94 valence electrons. The highest BCUT2D eigenvalue weighted by atomic mass is 16.5. The van der Waals surface area contributed by atoms with Gasteiger partial charge in [-0.05, 0) is 0 Å². The average Bonchev–Trinajstić information content (AvgIpc) is 2.39. The monoisotopic (exact) mass is 247 g/mol. The van der Waals surface area contributed by atoms with Gasteiger partial charge in [0.25, 0.3) is 0 Å². The van der Waals surface area contributed by atoms with Gasteiger partial charge in [0.05, 0.1) is 12.7 Å². The largest absolute Gasteiger partial charge is 0.479 e. The highest BCUT2D eigenvalue weighted by molar-refractivity contribution is 5.91. The maximum absolute atomic E-state index is 10.8. The van der Waals surface area contributed by atoms with E-state index in [1.807, 2.05) is 24.3 Å². The molecule has 1 unspecified atom stereocenters. The number of hydrogen-bond donors (Lipinski definition) is 2. The van der Waals surface area contributed by atoms with E-state index in [1.165, 1.54) is 7.11 Å². The van der Waals surface area contributed by atoms with Gasteiger partial charge in [0.1, 0.15) is 0 Å². The van der Waals surface area contributed by atoms with Gasteiger partial charge in [0, 0.05) is 17.9 Å². The van der Waals surface area contributed by atoms with Gasteiger partial charge < -0.3 is 15.2 Å². The average molecular weight is 247 g/mol. The number of nitrogens with zero attached hydrogens (tertiary/aromatic N) is 2. The molecule has 0 amide bonds. The molecule has 6 heteroatoms. The van der Waals surface area contributed by atoms with Crippen molar-refractivity contribution in [2.45, 2.75) is 6.10 Å². The fraction of sp³-hybridized carbons (Fsp3) is 0.250. The molecule has 0 bridgehead atoms. The molecule has 0 saturated heterocycles. The summed E-state index contributed by atoms with van der Waals surface area (Å²) in [6, 6.07) is 7.61. The molecular weight excluding hydrogens is 234 g/mol. The predicted octanol–water partition coefficient (Wildman–Crippen LogP) is 1.14. The Bertz CT molecular complexity index is 554. The normalized spacial score (nSPS) is 12.3. The molecule has 2 aromatic rings. The van der Waals surface area contributed by atoms with Crippen LogP contribution in [-0.4, -0.2) is 41.0 Å². The standard InChI is InChI=1S/C12H13N3O3/c1-18-10(12(16)17)7-13-11-9-5-3-2-4-8(9)6-14-15-11/h2-6,10H,7H2,1H3,(H,13,15)(H,16,17). The van der Waals surface area contributed by atoms with Crippen LogP contribution in [0, 0.1) is 0 Å². The number of fused-ring (bicyclic) bond motifs is 1. The summed E-state index contributed by atoms with van der Waals surface area (Å²) >= 11 is 0. The lowest BCUT2D eigenvalue weighted by Crippen LogP contribution is -2.30. The van der Waals surface area contributed by atoms with E-state index >= 15 is 0 Å². The quantitative estimate of drug-likeness (QED) is 0.824. The number of hydrogen-bond acceptors (Lipinski definition) is 5. The molecule has 0 aliphatic rings. The third kappa shape index (κ3) is 2.54. The molecule has 0 saturated carbocycles. The van der Waals surface area contributed by atoms with E-state index in [-0.39, 0.29) is 6.54 Å². The van der Waals surface area contributed by atoms with Gasteiger partial charge in [-0.2, -0.15) is 5.10 Å². The molecule has 0 aliphatic heterocycles. The van der Waals surface area contributed by atoms with Crippen LogP contribution in [0.4, 0.5) is 5.82 Å². The summed E-state index contributed by atoms with van der Waals surface area (Å²) < 4.78 is 4.84. The fourth-order valence-corrected chi connectivity index (χ4v) is 1.62. The zero-order valence-corrected chi connectivity index (χ0v) is 9.83. The molecule has 0 fully saturated rings. The van der Waals surface area contributed by atoms with Crippen molar-refractivity contribution in [2.24, 2.45) is 0 Å². The van der Waals surface area contributed by atoms with Crippen molar-refractivity contribution < 1.29 is 14.6 Å². The predicted molar refractivity (Wildman–Crippen MR) is 66.5 cm³/mol. The van der Waals surface area contributed by atoms with E-state index in [2.05, 4.69) is 15.5 Å². The van der Waals surface area contributed by atoms with Crippen LogP contribution in [0.2, 0.25) is 0 Å². The van der Waals surface area contributed by atoms with Crippen molar-refractivity contribution in [1.82, 2.24) is 10.2 Å². The third-order valence-electron chi connectivity index (χ3n) is 2.59. The summed E-state index contributed by atoms with van der Waals surface area (Å²) in [6.07, 6.45) is 0.747. The number of methoxy groups -OCH3 is 1. The van der Waals surface area contributed by atoms with Crippen LogP contribution >= 0.6 is 0 Å². The Morgan fingerprint density at radius 1 is 1.50 bits per heavy atom. The number of nitrogens with one attached hydrogen (secondary N) is 1. The molecule has 0 radical (unpaired) electrons. The number of benzene rings is 1. The number of anilines is 1. The highest BCUT2D eigenvalue weighted by Gasteiger charge is 2.16. The van der Waals surface area contributed by atoms with Crippen LogP contribution in [0.1, 0.15) is 0 Å². The molecule has 1 aromatic carbocycles. The summed E-state index contributed by atoms with van der Waals surface area (Å²) in [5.41, 5.74) is 0. The molecule has 1 heterocycles. The zero-order valence-electron chi connectivity index (χ0n) is 9.83. The second-order valence-electron chi connectivity index (χ2n) is 3.72.